The number of carbonyl (C=O) groups excluding carboxylic acids is 2. The van der Waals surface area contributed by atoms with E-state index in [9.17, 15) is 19.7 Å². The van der Waals surface area contributed by atoms with Gasteiger partial charge in [0.05, 0.1) is 11.3 Å². The van der Waals surface area contributed by atoms with Crippen molar-refractivity contribution in [2.45, 2.75) is 46.2 Å². The zero-order valence-corrected chi connectivity index (χ0v) is 21.0. The third-order valence-electron chi connectivity index (χ3n) is 6.09. The van der Waals surface area contributed by atoms with Gasteiger partial charge in [-0.25, -0.2) is 0 Å². The summed E-state index contributed by atoms with van der Waals surface area (Å²) in [6, 6.07) is 22.8. The molecule has 0 aliphatic heterocycles. The average Bonchev–Trinajstić information content (AvgIpc) is 2.86. The van der Waals surface area contributed by atoms with E-state index in [1.807, 2.05) is 75.4 Å². The summed E-state index contributed by atoms with van der Waals surface area (Å²) in [5.74, 6) is -0.330. The van der Waals surface area contributed by atoms with E-state index in [0.717, 1.165) is 16.7 Å². The van der Waals surface area contributed by atoms with E-state index < -0.39 is 11.0 Å². The molecule has 36 heavy (non-hydrogen) atoms. The molecule has 0 aliphatic carbocycles. The van der Waals surface area contributed by atoms with Crippen LogP contribution in [0.4, 0.5) is 5.69 Å². The fourth-order valence-corrected chi connectivity index (χ4v) is 4.05. The number of nitrogens with zero attached hydrogens (tertiary/aromatic N) is 2. The topological polar surface area (TPSA) is 92.6 Å². The van der Waals surface area contributed by atoms with E-state index in [1.54, 1.807) is 23.1 Å². The average molecular weight is 488 g/mol. The smallest absolute Gasteiger partial charge is 0.273 e. The molecule has 3 rings (SSSR count). The van der Waals surface area contributed by atoms with Gasteiger partial charge in [0.2, 0.25) is 11.8 Å². The van der Waals surface area contributed by atoms with Crippen LogP contribution in [0.25, 0.3) is 0 Å². The number of rotatable bonds is 11. The van der Waals surface area contributed by atoms with Crippen LogP contribution in [0.2, 0.25) is 0 Å². The maximum absolute atomic E-state index is 13.8. The Labute approximate surface area is 212 Å². The van der Waals surface area contributed by atoms with Crippen LogP contribution in [0.5, 0.6) is 0 Å². The molecule has 0 aromatic heterocycles. The second-order valence-electron chi connectivity index (χ2n) is 9.36. The number of nitrogens with one attached hydrogen (secondary N) is 1. The molecule has 7 heteroatoms. The molecule has 1 atom stereocenters. The van der Waals surface area contributed by atoms with E-state index in [2.05, 4.69) is 5.32 Å². The predicted octanol–water partition coefficient (Wildman–Crippen LogP) is 4.86. The van der Waals surface area contributed by atoms with Gasteiger partial charge in [-0.3, -0.25) is 19.7 Å². The van der Waals surface area contributed by atoms with Crippen molar-refractivity contribution in [2.24, 2.45) is 5.92 Å². The fourth-order valence-electron chi connectivity index (χ4n) is 4.05. The quantitative estimate of drug-likeness (QED) is 0.309. The number of para-hydroxylation sites is 1. The molecule has 0 saturated heterocycles. The first-order valence-electron chi connectivity index (χ1n) is 12.1. The Morgan fingerprint density at radius 2 is 1.53 bits per heavy atom. The molecule has 0 unspecified atom stereocenters. The minimum Gasteiger partial charge on any atom is -0.354 e. The van der Waals surface area contributed by atoms with Gasteiger partial charge in [0.25, 0.3) is 5.69 Å². The maximum atomic E-state index is 13.8. The van der Waals surface area contributed by atoms with E-state index >= 15 is 0 Å². The van der Waals surface area contributed by atoms with Crippen molar-refractivity contribution in [3.05, 3.63) is 111 Å². The van der Waals surface area contributed by atoms with Crippen molar-refractivity contribution >= 4 is 17.5 Å². The van der Waals surface area contributed by atoms with Crippen LogP contribution < -0.4 is 5.32 Å². The molecule has 0 bridgehead atoms. The second-order valence-corrected chi connectivity index (χ2v) is 9.36. The Kier molecular flexibility index (Phi) is 9.33. The Morgan fingerprint density at radius 1 is 0.917 bits per heavy atom. The molecule has 0 fully saturated rings. The summed E-state index contributed by atoms with van der Waals surface area (Å²) in [7, 11) is 0. The van der Waals surface area contributed by atoms with Crippen LogP contribution >= 0.6 is 0 Å². The number of nitro benzene ring substituents is 1. The van der Waals surface area contributed by atoms with E-state index in [0.29, 0.717) is 18.5 Å². The highest BCUT2D eigenvalue weighted by molar-refractivity contribution is 5.89. The molecule has 1 N–H and O–H groups in total. The van der Waals surface area contributed by atoms with Crippen molar-refractivity contribution in [1.82, 2.24) is 10.2 Å². The number of benzene rings is 3. The Hall–Kier alpha value is -4.00. The monoisotopic (exact) mass is 487 g/mol. The van der Waals surface area contributed by atoms with Crippen molar-refractivity contribution in [1.29, 1.82) is 0 Å². The SMILES string of the molecule is Cc1ccccc1CN(C(=O)Cc1ccccc1[N+](=O)[O-])[C@@H](Cc1ccccc1)C(=O)NCC(C)C. The summed E-state index contributed by atoms with van der Waals surface area (Å²) in [6.45, 7) is 6.69. The lowest BCUT2D eigenvalue weighted by atomic mass is 10.00. The minimum absolute atomic E-state index is 0.106. The molecule has 188 valence electrons. The molecule has 3 aromatic carbocycles. The lowest BCUT2D eigenvalue weighted by Gasteiger charge is -2.32. The first-order valence-corrected chi connectivity index (χ1v) is 12.1. The zero-order chi connectivity index (χ0) is 26.1. The lowest BCUT2D eigenvalue weighted by molar-refractivity contribution is -0.385. The summed E-state index contributed by atoms with van der Waals surface area (Å²) >= 11 is 0. The number of hydrogen-bond acceptors (Lipinski definition) is 4. The van der Waals surface area contributed by atoms with Gasteiger partial charge in [0.15, 0.2) is 0 Å². The standard InChI is InChI=1S/C29H33N3O4/c1-21(2)19-30-29(34)27(17-23-12-5-4-6-13-23)31(20-25-15-8-7-11-22(25)3)28(33)18-24-14-9-10-16-26(24)32(35)36/h4-16,21,27H,17-20H2,1-3H3,(H,30,34)/t27-/m0/s1. The zero-order valence-electron chi connectivity index (χ0n) is 21.0. The second kappa shape index (κ2) is 12.6. The number of amides is 2. The molecule has 3 aromatic rings. The first-order chi connectivity index (χ1) is 17.3. The van der Waals surface area contributed by atoms with Crippen molar-refractivity contribution < 1.29 is 14.5 Å². The van der Waals surface area contributed by atoms with Crippen molar-refractivity contribution in [3.63, 3.8) is 0 Å². The fraction of sp³-hybridized carbons (Fsp3) is 0.310. The number of aryl methyl sites for hydroxylation is 1. The molecule has 0 aliphatic rings. The first kappa shape index (κ1) is 26.6. The molecular weight excluding hydrogens is 454 g/mol. The summed E-state index contributed by atoms with van der Waals surface area (Å²) in [4.78, 5) is 39.9. The molecule has 0 saturated carbocycles. The van der Waals surface area contributed by atoms with Crippen molar-refractivity contribution in [3.8, 4) is 0 Å². The van der Waals surface area contributed by atoms with Gasteiger partial charge < -0.3 is 10.2 Å². The Morgan fingerprint density at radius 3 is 2.17 bits per heavy atom. The molecule has 7 nitrogen and oxygen atoms in total. The molecule has 0 spiro atoms. The van der Waals surface area contributed by atoms with Crippen LogP contribution in [0, 0.1) is 23.0 Å². The van der Waals surface area contributed by atoms with Crippen molar-refractivity contribution in [2.75, 3.05) is 6.54 Å². The highest BCUT2D eigenvalue weighted by Crippen LogP contribution is 2.22. The van der Waals surface area contributed by atoms with Crippen LogP contribution in [0.3, 0.4) is 0 Å². The van der Waals surface area contributed by atoms with Gasteiger partial charge in [-0.1, -0.05) is 86.6 Å². The van der Waals surface area contributed by atoms with Gasteiger partial charge in [-0.05, 0) is 29.5 Å². The number of carbonyl (C=O) groups is 2. The van der Waals surface area contributed by atoms with Gasteiger partial charge >= 0.3 is 0 Å². The number of hydrogen-bond donors (Lipinski definition) is 1. The van der Waals surface area contributed by atoms with Gasteiger partial charge in [0.1, 0.15) is 6.04 Å². The predicted molar refractivity (Wildman–Crippen MR) is 140 cm³/mol. The van der Waals surface area contributed by atoms with Crippen LogP contribution in [-0.4, -0.2) is 34.2 Å². The summed E-state index contributed by atoms with van der Waals surface area (Å²) in [6.07, 6.45) is 0.158. The third-order valence-corrected chi connectivity index (χ3v) is 6.09. The highest BCUT2D eigenvalue weighted by Gasteiger charge is 2.31. The van der Waals surface area contributed by atoms with Crippen LogP contribution in [0.1, 0.15) is 36.1 Å². The number of nitro groups is 1. The normalized spacial score (nSPS) is 11.7. The van der Waals surface area contributed by atoms with E-state index in [4.69, 9.17) is 0 Å². The Bertz CT molecular complexity index is 1190. The van der Waals surface area contributed by atoms with Gasteiger partial charge in [0, 0.05) is 31.1 Å². The third kappa shape index (κ3) is 7.25. The van der Waals surface area contributed by atoms with Gasteiger partial charge in [-0.2, -0.15) is 0 Å². The van der Waals surface area contributed by atoms with Crippen LogP contribution in [-0.2, 0) is 29.0 Å². The summed E-state index contributed by atoms with van der Waals surface area (Å²) in [5, 5.41) is 14.5. The molecule has 0 radical (unpaired) electrons. The maximum Gasteiger partial charge on any atom is 0.273 e. The van der Waals surface area contributed by atoms with E-state index in [1.165, 1.54) is 6.07 Å². The summed E-state index contributed by atoms with van der Waals surface area (Å²) < 4.78 is 0. The Balaban J connectivity index is 2.01. The lowest BCUT2D eigenvalue weighted by Crippen LogP contribution is -2.51. The van der Waals surface area contributed by atoms with Gasteiger partial charge in [-0.15, -0.1) is 0 Å². The molecular formula is C29H33N3O4. The highest BCUT2D eigenvalue weighted by atomic mass is 16.6. The summed E-state index contributed by atoms with van der Waals surface area (Å²) in [5.41, 5.74) is 3.06. The molecule has 0 heterocycles. The molecule has 2 amide bonds. The minimum atomic E-state index is -0.777. The largest absolute Gasteiger partial charge is 0.354 e. The van der Waals surface area contributed by atoms with E-state index in [-0.39, 0.29) is 36.4 Å². The van der Waals surface area contributed by atoms with Crippen LogP contribution in [0.15, 0.2) is 78.9 Å².